The molecule has 10 heteroatoms. The number of benzene rings is 3. The molecule has 0 aliphatic carbocycles. The number of halogens is 2. The molecular weight excluding hydrogens is 515 g/mol. The lowest BCUT2D eigenvalue weighted by Crippen LogP contribution is -2.44. The van der Waals surface area contributed by atoms with E-state index in [1.165, 1.54) is 54.3 Å². The molecule has 0 radical (unpaired) electrons. The van der Waals surface area contributed by atoms with Crippen LogP contribution in [0.1, 0.15) is 50.4 Å². The summed E-state index contributed by atoms with van der Waals surface area (Å²) in [6.45, 7) is 1.33. The SMILES string of the molecule is CC(=O)c1ccc(Cl)c(F)c1C=CC(=O)N1CCc2c(O)cccc2C1C(=O)Nc1ccc(C(=O)O)cc1. The molecule has 1 unspecified atom stereocenters. The molecule has 0 saturated carbocycles. The average molecular weight is 537 g/mol. The van der Waals surface area contributed by atoms with Gasteiger partial charge in [0.1, 0.15) is 17.6 Å². The standard InChI is InChI=1S/C28H22ClFN2O6/c1-15(33)18-9-11-22(29)25(30)20(18)10-12-24(35)32-14-13-19-21(3-2-4-23(19)34)26(32)27(36)31-17-7-5-16(6-8-17)28(37)38/h2-12,26,34H,13-14H2,1H3,(H,31,36)(H,37,38). The molecule has 0 saturated heterocycles. The summed E-state index contributed by atoms with van der Waals surface area (Å²) >= 11 is 5.87. The molecule has 4 rings (SSSR count). The highest BCUT2D eigenvalue weighted by atomic mass is 35.5. The highest BCUT2D eigenvalue weighted by Gasteiger charge is 2.36. The van der Waals surface area contributed by atoms with E-state index in [9.17, 15) is 28.7 Å². The highest BCUT2D eigenvalue weighted by Crippen LogP contribution is 2.36. The maximum absolute atomic E-state index is 14.7. The third-order valence-corrected chi connectivity index (χ3v) is 6.52. The first kappa shape index (κ1) is 26.6. The number of carboxylic acids is 1. The number of carbonyl (C=O) groups is 4. The van der Waals surface area contributed by atoms with Gasteiger partial charge in [-0.25, -0.2) is 9.18 Å². The Kier molecular flexibility index (Phi) is 7.59. The van der Waals surface area contributed by atoms with Crippen LogP contribution < -0.4 is 5.32 Å². The minimum absolute atomic E-state index is 0.0131. The van der Waals surface area contributed by atoms with Crippen LogP contribution in [0.2, 0.25) is 5.02 Å². The predicted octanol–water partition coefficient (Wildman–Crippen LogP) is 4.86. The van der Waals surface area contributed by atoms with E-state index in [-0.39, 0.29) is 40.4 Å². The zero-order chi connectivity index (χ0) is 27.6. The molecule has 8 nitrogen and oxygen atoms in total. The van der Waals surface area contributed by atoms with Crippen molar-refractivity contribution in [2.24, 2.45) is 0 Å². The lowest BCUT2D eigenvalue weighted by molar-refractivity contribution is -0.135. The van der Waals surface area contributed by atoms with E-state index < -0.39 is 35.4 Å². The van der Waals surface area contributed by atoms with Gasteiger partial charge in [0.05, 0.1) is 10.6 Å². The van der Waals surface area contributed by atoms with E-state index in [1.807, 2.05) is 0 Å². The van der Waals surface area contributed by atoms with E-state index in [0.717, 1.165) is 12.2 Å². The molecule has 0 aromatic heterocycles. The van der Waals surface area contributed by atoms with Gasteiger partial charge in [-0.05, 0) is 67.4 Å². The zero-order valence-electron chi connectivity index (χ0n) is 20.1. The van der Waals surface area contributed by atoms with Crippen LogP contribution in [-0.4, -0.2) is 45.2 Å². The van der Waals surface area contributed by atoms with E-state index in [1.54, 1.807) is 12.1 Å². The van der Waals surface area contributed by atoms with Crippen molar-refractivity contribution in [3.8, 4) is 5.75 Å². The summed E-state index contributed by atoms with van der Waals surface area (Å²) in [5.41, 5.74) is 1.17. The number of nitrogens with one attached hydrogen (secondary N) is 1. The summed E-state index contributed by atoms with van der Waals surface area (Å²) in [5, 5.41) is 21.9. The number of carbonyl (C=O) groups excluding carboxylic acids is 3. The molecule has 0 bridgehead atoms. The Morgan fingerprint density at radius 2 is 1.79 bits per heavy atom. The lowest BCUT2D eigenvalue weighted by Gasteiger charge is -2.36. The number of amides is 2. The summed E-state index contributed by atoms with van der Waals surface area (Å²) in [5.74, 6) is -3.63. The quantitative estimate of drug-likeness (QED) is 0.305. The van der Waals surface area contributed by atoms with Gasteiger partial charge in [-0.15, -0.1) is 0 Å². The first-order valence-electron chi connectivity index (χ1n) is 11.5. The van der Waals surface area contributed by atoms with Crippen molar-refractivity contribution in [1.82, 2.24) is 4.90 Å². The number of hydrogen-bond acceptors (Lipinski definition) is 5. The Hall–Kier alpha value is -4.50. The van der Waals surface area contributed by atoms with Crippen molar-refractivity contribution >= 4 is 46.9 Å². The highest BCUT2D eigenvalue weighted by molar-refractivity contribution is 6.31. The molecule has 1 heterocycles. The Morgan fingerprint density at radius 3 is 2.45 bits per heavy atom. The maximum Gasteiger partial charge on any atom is 0.335 e. The molecule has 3 N–H and O–H groups in total. The van der Waals surface area contributed by atoms with E-state index in [0.29, 0.717) is 16.8 Å². The monoisotopic (exact) mass is 536 g/mol. The molecule has 0 fully saturated rings. The number of phenolic OH excluding ortho intramolecular Hbond substituents is 1. The van der Waals surface area contributed by atoms with Crippen LogP contribution in [0, 0.1) is 5.82 Å². The third-order valence-electron chi connectivity index (χ3n) is 6.23. The van der Waals surface area contributed by atoms with Crippen LogP contribution in [0.4, 0.5) is 10.1 Å². The van der Waals surface area contributed by atoms with Crippen LogP contribution in [0.3, 0.4) is 0 Å². The minimum atomic E-state index is -1.15. The number of aromatic carboxylic acids is 1. The summed E-state index contributed by atoms with van der Waals surface area (Å²) in [4.78, 5) is 51.1. The van der Waals surface area contributed by atoms with Gasteiger partial charge >= 0.3 is 5.97 Å². The molecule has 2 amide bonds. The molecule has 0 spiro atoms. The average Bonchev–Trinajstić information content (AvgIpc) is 2.88. The molecular formula is C28H22ClFN2O6. The number of fused-ring (bicyclic) bond motifs is 1. The Bertz CT molecular complexity index is 1490. The number of aromatic hydroxyl groups is 1. The van der Waals surface area contributed by atoms with Gasteiger partial charge in [-0.2, -0.15) is 0 Å². The van der Waals surface area contributed by atoms with Gasteiger partial charge in [-0.3, -0.25) is 14.4 Å². The van der Waals surface area contributed by atoms with E-state index in [4.69, 9.17) is 16.7 Å². The van der Waals surface area contributed by atoms with Crippen molar-refractivity contribution in [3.63, 3.8) is 0 Å². The summed E-state index contributed by atoms with van der Waals surface area (Å²) in [6, 6.07) is 11.6. The Morgan fingerprint density at radius 1 is 1.08 bits per heavy atom. The number of rotatable bonds is 6. The fraction of sp³-hybridized carbons (Fsp3) is 0.143. The summed E-state index contributed by atoms with van der Waals surface area (Å²) < 4.78 is 14.7. The Labute approximate surface area is 222 Å². The molecule has 3 aromatic rings. The van der Waals surface area contributed by atoms with Crippen molar-refractivity contribution in [2.45, 2.75) is 19.4 Å². The van der Waals surface area contributed by atoms with Crippen LogP contribution in [0.25, 0.3) is 6.08 Å². The predicted molar refractivity (Wildman–Crippen MR) is 139 cm³/mol. The second kappa shape index (κ2) is 10.9. The Balaban J connectivity index is 1.68. The number of anilines is 1. The number of carboxylic acid groups (broad SMARTS) is 1. The van der Waals surface area contributed by atoms with Gasteiger partial charge in [0, 0.05) is 35.0 Å². The number of Topliss-reactive ketones (excluding diaryl/α,β-unsaturated/α-hetero) is 1. The minimum Gasteiger partial charge on any atom is -0.508 e. The molecule has 194 valence electrons. The molecule has 38 heavy (non-hydrogen) atoms. The lowest BCUT2D eigenvalue weighted by atomic mass is 9.91. The second-order valence-electron chi connectivity index (χ2n) is 8.61. The summed E-state index contributed by atoms with van der Waals surface area (Å²) in [7, 11) is 0. The number of ketones is 1. The fourth-order valence-electron chi connectivity index (χ4n) is 4.36. The maximum atomic E-state index is 14.7. The topological polar surface area (TPSA) is 124 Å². The fourth-order valence-corrected chi connectivity index (χ4v) is 4.53. The molecule has 1 aliphatic heterocycles. The van der Waals surface area contributed by atoms with Crippen molar-refractivity contribution in [3.05, 3.63) is 99.3 Å². The van der Waals surface area contributed by atoms with Crippen LogP contribution in [-0.2, 0) is 16.0 Å². The number of phenols is 1. The van der Waals surface area contributed by atoms with Gasteiger partial charge in [0.25, 0.3) is 5.91 Å². The van der Waals surface area contributed by atoms with Crippen molar-refractivity contribution in [1.29, 1.82) is 0 Å². The van der Waals surface area contributed by atoms with Gasteiger partial charge in [0.15, 0.2) is 5.78 Å². The van der Waals surface area contributed by atoms with Gasteiger partial charge in [-0.1, -0.05) is 23.7 Å². The normalized spacial score (nSPS) is 14.7. The van der Waals surface area contributed by atoms with E-state index >= 15 is 0 Å². The van der Waals surface area contributed by atoms with Gasteiger partial charge in [0.2, 0.25) is 5.91 Å². The third kappa shape index (κ3) is 5.28. The number of hydrogen-bond donors (Lipinski definition) is 3. The molecule has 1 aliphatic rings. The van der Waals surface area contributed by atoms with E-state index in [2.05, 4.69) is 5.32 Å². The van der Waals surface area contributed by atoms with Crippen molar-refractivity contribution < 1.29 is 33.8 Å². The second-order valence-corrected chi connectivity index (χ2v) is 9.02. The molecule has 3 aromatic carbocycles. The number of nitrogens with zero attached hydrogens (tertiary/aromatic N) is 1. The van der Waals surface area contributed by atoms with Gasteiger partial charge < -0.3 is 20.4 Å². The molecule has 1 atom stereocenters. The zero-order valence-corrected chi connectivity index (χ0v) is 20.8. The van der Waals surface area contributed by atoms with Crippen LogP contribution in [0.5, 0.6) is 5.75 Å². The summed E-state index contributed by atoms with van der Waals surface area (Å²) in [6.07, 6.45) is 2.48. The smallest absolute Gasteiger partial charge is 0.335 e. The van der Waals surface area contributed by atoms with Crippen LogP contribution >= 0.6 is 11.6 Å². The van der Waals surface area contributed by atoms with Crippen LogP contribution in [0.15, 0.2) is 60.7 Å². The first-order chi connectivity index (χ1) is 18.1. The largest absolute Gasteiger partial charge is 0.508 e. The first-order valence-corrected chi connectivity index (χ1v) is 11.9. The van der Waals surface area contributed by atoms with Crippen molar-refractivity contribution in [2.75, 3.05) is 11.9 Å².